The molecule has 2 nitrogen and oxygen atoms in total. The second kappa shape index (κ2) is 7.16. The standard InChI is InChI=1S/C15H18BrF2NO/c16-8-7-11-4-1-2-9-19(11)15(20)10-12-13(17)5-3-6-14(12)18/h3,5-6,11H,1-2,4,7-10H2. The maximum Gasteiger partial charge on any atom is 0.227 e. The van der Waals surface area contributed by atoms with Gasteiger partial charge in [-0.2, -0.15) is 0 Å². The molecule has 2 rings (SSSR count). The van der Waals surface area contributed by atoms with Crippen LogP contribution in [0, 0.1) is 11.6 Å². The van der Waals surface area contributed by atoms with Gasteiger partial charge >= 0.3 is 0 Å². The van der Waals surface area contributed by atoms with Gasteiger partial charge in [-0.25, -0.2) is 8.78 Å². The Balaban J connectivity index is 2.10. The summed E-state index contributed by atoms with van der Waals surface area (Å²) in [5, 5.41) is 0.829. The second-order valence-corrected chi connectivity index (χ2v) is 5.88. The maximum atomic E-state index is 13.6. The van der Waals surface area contributed by atoms with Gasteiger partial charge in [0.05, 0.1) is 6.42 Å². The van der Waals surface area contributed by atoms with Gasteiger partial charge in [0.2, 0.25) is 5.91 Å². The van der Waals surface area contributed by atoms with E-state index in [-0.39, 0.29) is 23.9 Å². The number of benzene rings is 1. The molecule has 110 valence electrons. The van der Waals surface area contributed by atoms with Crippen molar-refractivity contribution in [3.05, 3.63) is 35.4 Å². The minimum Gasteiger partial charge on any atom is -0.339 e. The van der Waals surface area contributed by atoms with Gasteiger partial charge in [0.25, 0.3) is 0 Å². The lowest BCUT2D eigenvalue weighted by Gasteiger charge is -2.35. The first-order chi connectivity index (χ1) is 9.63. The van der Waals surface area contributed by atoms with Crippen LogP contribution in [0.4, 0.5) is 8.78 Å². The largest absolute Gasteiger partial charge is 0.339 e. The molecule has 1 aromatic carbocycles. The number of hydrogen-bond donors (Lipinski definition) is 0. The predicted octanol–water partition coefficient (Wildman–Crippen LogP) is 3.67. The van der Waals surface area contributed by atoms with Crippen LogP contribution in [0.5, 0.6) is 0 Å². The van der Waals surface area contributed by atoms with Crippen LogP contribution in [0.3, 0.4) is 0 Å². The number of carbonyl (C=O) groups excluding carboxylic acids is 1. The lowest BCUT2D eigenvalue weighted by atomic mass is 9.98. The van der Waals surface area contributed by atoms with E-state index < -0.39 is 11.6 Å². The fourth-order valence-electron chi connectivity index (χ4n) is 2.71. The molecule has 0 aliphatic carbocycles. The summed E-state index contributed by atoms with van der Waals surface area (Å²) in [5.74, 6) is -1.47. The van der Waals surface area contributed by atoms with Gasteiger partial charge in [0.15, 0.2) is 0 Å². The van der Waals surface area contributed by atoms with Gasteiger partial charge in [-0.15, -0.1) is 0 Å². The van der Waals surface area contributed by atoms with Gasteiger partial charge < -0.3 is 4.90 Å². The van der Waals surface area contributed by atoms with E-state index >= 15 is 0 Å². The van der Waals surface area contributed by atoms with Crippen LogP contribution in [0.2, 0.25) is 0 Å². The molecule has 1 amide bonds. The Morgan fingerprint density at radius 3 is 2.65 bits per heavy atom. The number of halogens is 3. The topological polar surface area (TPSA) is 20.3 Å². The number of carbonyl (C=O) groups is 1. The Morgan fingerprint density at radius 2 is 2.00 bits per heavy atom. The third kappa shape index (κ3) is 3.57. The highest BCUT2D eigenvalue weighted by Gasteiger charge is 2.27. The molecule has 1 atom stereocenters. The van der Waals surface area contributed by atoms with Crippen molar-refractivity contribution in [1.82, 2.24) is 4.90 Å². The average Bonchev–Trinajstić information content (AvgIpc) is 2.44. The van der Waals surface area contributed by atoms with Crippen LogP contribution >= 0.6 is 15.9 Å². The van der Waals surface area contributed by atoms with Gasteiger partial charge in [0.1, 0.15) is 11.6 Å². The van der Waals surface area contributed by atoms with Gasteiger partial charge in [-0.3, -0.25) is 4.79 Å². The molecule has 0 radical (unpaired) electrons. The molecule has 1 heterocycles. The minimum absolute atomic E-state index is 0.124. The number of alkyl halides is 1. The number of nitrogens with zero attached hydrogens (tertiary/aromatic N) is 1. The van der Waals surface area contributed by atoms with Crippen LogP contribution in [-0.2, 0) is 11.2 Å². The van der Waals surface area contributed by atoms with Crippen molar-refractivity contribution in [1.29, 1.82) is 0 Å². The van der Waals surface area contributed by atoms with Crippen LogP contribution in [0.25, 0.3) is 0 Å². The molecule has 20 heavy (non-hydrogen) atoms. The molecule has 1 aromatic rings. The summed E-state index contributed by atoms with van der Waals surface area (Å²) < 4.78 is 27.2. The average molecular weight is 346 g/mol. The van der Waals surface area contributed by atoms with E-state index in [9.17, 15) is 13.6 Å². The first-order valence-electron chi connectivity index (χ1n) is 6.92. The molecule has 0 spiro atoms. The zero-order chi connectivity index (χ0) is 14.5. The van der Waals surface area contributed by atoms with Gasteiger partial charge in [-0.1, -0.05) is 22.0 Å². The molecular weight excluding hydrogens is 328 g/mol. The third-order valence-electron chi connectivity index (χ3n) is 3.78. The molecule has 1 fully saturated rings. The highest BCUT2D eigenvalue weighted by atomic mass is 79.9. The molecule has 0 bridgehead atoms. The third-order valence-corrected chi connectivity index (χ3v) is 4.24. The summed E-state index contributed by atoms with van der Waals surface area (Å²) in [5.41, 5.74) is -0.124. The Labute approximate surface area is 126 Å². The lowest BCUT2D eigenvalue weighted by molar-refractivity contribution is -0.134. The van der Waals surface area contributed by atoms with E-state index in [1.807, 2.05) is 0 Å². The quantitative estimate of drug-likeness (QED) is 0.762. The lowest BCUT2D eigenvalue weighted by Crippen LogP contribution is -2.44. The molecule has 1 saturated heterocycles. The van der Waals surface area contributed by atoms with Gasteiger partial charge in [-0.05, 0) is 37.8 Å². The number of likely N-dealkylation sites (tertiary alicyclic amines) is 1. The molecular formula is C15H18BrF2NO. The number of piperidine rings is 1. The highest BCUT2D eigenvalue weighted by Crippen LogP contribution is 2.22. The molecule has 1 aliphatic heterocycles. The molecule has 0 aromatic heterocycles. The van der Waals surface area contributed by atoms with E-state index in [1.165, 1.54) is 18.2 Å². The second-order valence-electron chi connectivity index (χ2n) is 5.09. The Bertz CT molecular complexity index is 459. The monoisotopic (exact) mass is 345 g/mol. The summed E-state index contributed by atoms with van der Waals surface area (Å²) in [6.07, 6.45) is 3.72. The predicted molar refractivity (Wildman–Crippen MR) is 77.8 cm³/mol. The zero-order valence-corrected chi connectivity index (χ0v) is 12.8. The van der Waals surface area contributed by atoms with Crippen molar-refractivity contribution in [2.24, 2.45) is 0 Å². The molecule has 1 unspecified atom stereocenters. The van der Waals surface area contributed by atoms with Crippen molar-refractivity contribution in [2.75, 3.05) is 11.9 Å². The summed E-state index contributed by atoms with van der Waals surface area (Å²) in [7, 11) is 0. The fraction of sp³-hybridized carbons (Fsp3) is 0.533. The minimum atomic E-state index is -0.646. The van der Waals surface area contributed by atoms with Crippen LogP contribution in [0.15, 0.2) is 18.2 Å². The summed E-state index contributed by atoms with van der Waals surface area (Å²) in [6, 6.07) is 3.88. The Hall–Kier alpha value is -0.970. The Kier molecular flexibility index (Phi) is 5.52. The SMILES string of the molecule is O=C(Cc1c(F)cccc1F)N1CCCCC1CCBr. The van der Waals surface area contributed by atoms with Gasteiger partial charge in [0, 0.05) is 23.5 Å². The molecule has 0 N–H and O–H groups in total. The fourth-order valence-corrected chi connectivity index (χ4v) is 3.24. The molecule has 0 saturated carbocycles. The number of amides is 1. The van der Waals surface area contributed by atoms with Crippen molar-refractivity contribution in [2.45, 2.75) is 38.1 Å². The first-order valence-corrected chi connectivity index (χ1v) is 8.04. The van der Waals surface area contributed by atoms with Crippen LogP contribution in [-0.4, -0.2) is 28.7 Å². The van der Waals surface area contributed by atoms with E-state index in [1.54, 1.807) is 4.90 Å². The summed E-state index contributed by atoms with van der Waals surface area (Å²) in [6.45, 7) is 0.687. The first kappa shape index (κ1) is 15.4. The van der Waals surface area contributed by atoms with Crippen molar-refractivity contribution in [3.8, 4) is 0 Å². The number of hydrogen-bond acceptors (Lipinski definition) is 1. The van der Waals surface area contributed by atoms with Crippen molar-refractivity contribution >= 4 is 21.8 Å². The van der Waals surface area contributed by atoms with Crippen molar-refractivity contribution < 1.29 is 13.6 Å². The van der Waals surface area contributed by atoms with E-state index in [0.717, 1.165) is 31.0 Å². The molecule has 1 aliphatic rings. The summed E-state index contributed by atoms with van der Waals surface area (Å²) >= 11 is 3.39. The Morgan fingerprint density at radius 1 is 1.30 bits per heavy atom. The highest BCUT2D eigenvalue weighted by molar-refractivity contribution is 9.09. The normalized spacial score (nSPS) is 19.1. The zero-order valence-electron chi connectivity index (χ0n) is 11.2. The van der Waals surface area contributed by atoms with Crippen LogP contribution < -0.4 is 0 Å². The van der Waals surface area contributed by atoms with Crippen LogP contribution in [0.1, 0.15) is 31.2 Å². The summed E-state index contributed by atoms with van der Waals surface area (Å²) in [4.78, 5) is 14.1. The van der Waals surface area contributed by atoms with E-state index in [0.29, 0.717) is 6.54 Å². The smallest absolute Gasteiger partial charge is 0.227 e. The molecule has 5 heteroatoms. The van der Waals surface area contributed by atoms with Crippen molar-refractivity contribution in [3.63, 3.8) is 0 Å². The van der Waals surface area contributed by atoms with E-state index in [4.69, 9.17) is 0 Å². The number of rotatable bonds is 4. The van der Waals surface area contributed by atoms with E-state index in [2.05, 4.69) is 15.9 Å². The maximum absolute atomic E-state index is 13.6.